The molecule has 0 spiro atoms. The molecule has 1 aliphatic rings. The summed E-state index contributed by atoms with van der Waals surface area (Å²) < 4.78 is 5.90. The van der Waals surface area contributed by atoms with Crippen LogP contribution in [0.5, 0.6) is 0 Å². The summed E-state index contributed by atoms with van der Waals surface area (Å²) in [5.74, 6) is 1.47. The van der Waals surface area contributed by atoms with Gasteiger partial charge in [-0.1, -0.05) is 6.07 Å². The first-order valence-corrected chi connectivity index (χ1v) is 6.47. The van der Waals surface area contributed by atoms with Gasteiger partial charge in [-0.15, -0.1) is 0 Å². The largest absolute Gasteiger partial charge is 0.367 e. The van der Waals surface area contributed by atoms with Crippen molar-refractivity contribution in [2.24, 2.45) is 0 Å². The number of ether oxygens (including phenoxy) is 1. The fourth-order valence-corrected chi connectivity index (χ4v) is 2.24. The van der Waals surface area contributed by atoms with Gasteiger partial charge in [-0.2, -0.15) is 10.4 Å². The van der Waals surface area contributed by atoms with E-state index in [0.29, 0.717) is 18.1 Å². The van der Waals surface area contributed by atoms with Gasteiger partial charge < -0.3 is 10.1 Å². The Bertz CT molecular complexity index is 606. The average molecular weight is 270 g/mol. The van der Waals surface area contributed by atoms with Crippen LogP contribution in [0, 0.1) is 11.3 Å². The van der Waals surface area contributed by atoms with Crippen LogP contribution < -0.4 is 5.32 Å². The van der Waals surface area contributed by atoms with Crippen LogP contribution in [0.4, 0.5) is 5.82 Å². The predicted molar refractivity (Wildman–Crippen MR) is 70.7 cm³/mol. The Kier molecular flexibility index (Phi) is 3.56. The van der Waals surface area contributed by atoms with Crippen molar-refractivity contribution in [1.82, 2.24) is 20.2 Å². The quantitative estimate of drug-likeness (QED) is 0.871. The normalized spacial score (nSPS) is 21.6. The molecule has 2 N–H and O–H groups in total. The molecule has 7 heteroatoms. The molecule has 0 aliphatic carbocycles. The van der Waals surface area contributed by atoms with Gasteiger partial charge in [0.15, 0.2) is 5.82 Å². The first-order chi connectivity index (χ1) is 9.85. The topological polar surface area (TPSA) is 99.5 Å². The molecule has 3 rings (SSSR count). The second kappa shape index (κ2) is 5.67. The van der Waals surface area contributed by atoms with E-state index in [2.05, 4.69) is 25.5 Å². The van der Waals surface area contributed by atoms with Crippen molar-refractivity contribution >= 4 is 5.82 Å². The highest BCUT2D eigenvalue weighted by molar-refractivity contribution is 5.38. The molecule has 1 fully saturated rings. The average Bonchev–Trinajstić information content (AvgIpc) is 3.16. The zero-order valence-corrected chi connectivity index (χ0v) is 10.8. The predicted octanol–water partition coefficient (Wildman–Crippen LogP) is 1.40. The molecule has 3 heterocycles. The summed E-state index contributed by atoms with van der Waals surface area (Å²) in [7, 11) is 0. The number of pyridine rings is 1. The summed E-state index contributed by atoms with van der Waals surface area (Å²) in [6, 6.07) is 7.34. The van der Waals surface area contributed by atoms with E-state index in [-0.39, 0.29) is 12.2 Å². The van der Waals surface area contributed by atoms with E-state index in [1.54, 1.807) is 12.1 Å². The smallest absolute Gasteiger partial charge is 0.153 e. The van der Waals surface area contributed by atoms with Crippen molar-refractivity contribution < 1.29 is 4.74 Å². The highest BCUT2D eigenvalue weighted by Crippen LogP contribution is 2.30. The molecule has 7 nitrogen and oxygen atoms in total. The summed E-state index contributed by atoms with van der Waals surface area (Å²) in [6.45, 7) is 0.659. The Labute approximate surface area is 116 Å². The fourth-order valence-electron chi connectivity index (χ4n) is 2.24. The fraction of sp³-hybridized carbons (Fsp3) is 0.385. The monoisotopic (exact) mass is 270 g/mol. The van der Waals surface area contributed by atoms with Crippen LogP contribution in [0.3, 0.4) is 0 Å². The molecule has 1 aliphatic heterocycles. The Morgan fingerprint density at radius 1 is 1.45 bits per heavy atom. The van der Waals surface area contributed by atoms with Gasteiger partial charge in [0.1, 0.15) is 30.0 Å². The van der Waals surface area contributed by atoms with Gasteiger partial charge in [-0.3, -0.25) is 5.10 Å². The molecule has 0 saturated carbocycles. The van der Waals surface area contributed by atoms with Crippen molar-refractivity contribution in [3.63, 3.8) is 0 Å². The standard InChI is InChI=1S/C13H14N6O/c14-6-9-2-1-3-12(18-9)15-7-10-4-5-11(20-10)13-16-8-17-19-13/h1-3,8,10-11H,4-5,7H2,(H,15,18)(H,16,17,19)/t10-,11+/m1/s1. The molecule has 20 heavy (non-hydrogen) atoms. The summed E-state index contributed by atoms with van der Waals surface area (Å²) in [6.07, 6.45) is 3.46. The molecule has 2 atom stereocenters. The number of nitrogens with one attached hydrogen (secondary N) is 2. The first-order valence-electron chi connectivity index (χ1n) is 6.47. The second-order valence-corrected chi connectivity index (χ2v) is 4.60. The van der Waals surface area contributed by atoms with Gasteiger partial charge in [0.2, 0.25) is 0 Å². The van der Waals surface area contributed by atoms with Crippen LogP contribution in [0.25, 0.3) is 0 Å². The van der Waals surface area contributed by atoms with Crippen molar-refractivity contribution in [3.8, 4) is 6.07 Å². The third-order valence-electron chi connectivity index (χ3n) is 3.22. The van der Waals surface area contributed by atoms with E-state index < -0.39 is 0 Å². The molecule has 0 unspecified atom stereocenters. The number of nitrogens with zero attached hydrogens (tertiary/aromatic N) is 4. The minimum atomic E-state index is -0.0114. The summed E-state index contributed by atoms with van der Waals surface area (Å²) in [4.78, 5) is 8.28. The van der Waals surface area contributed by atoms with Crippen LogP contribution in [0.1, 0.15) is 30.5 Å². The molecule has 0 bridgehead atoms. The Morgan fingerprint density at radius 3 is 3.20 bits per heavy atom. The van der Waals surface area contributed by atoms with E-state index in [0.717, 1.165) is 18.7 Å². The zero-order chi connectivity index (χ0) is 13.8. The van der Waals surface area contributed by atoms with Gasteiger partial charge >= 0.3 is 0 Å². The van der Waals surface area contributed by atoms with Crippen LogP contribution in [0.15, 0.2) is 24.5 Å². The van der Waals surface area contributed by atoms with Crippen molar-refractivity contribution in [3.05, 3.63) is 36.0 Å². The van der Waals surface area contributed by atoms with Crippen LogP contribution in [0.2, 0.25) is 0 Å². The lowest BCUT2D eigenvalue weighted by atomic mass is 10.2. The number of hydrogen-bond acceptors (Lipinski definition) is 6. The number of anilines is 1. The molecule has 1 saturated heterocycles. The molecule has 0 aromatic carbocycles. The first kappa shape index (κ1) is 12.6. The van der Waals surface area contributed by atoms with Gasteiger partial charge in [-0.05, 0) is 25.0 Å². The van der Waals surface area contributed by atoms with E-state index >= 15 is 0 Å². The maximum absolute atomic E-state index is 8.80. The summed E-state index contributed by atoms with van der Waals surface area (Å²) >= 11 is 0. The van der Waals surface area contributed by atoms with Crippen LogP contribution in [-0.2, 0) is 4.74 Å². The summed E-state index contributed by atoms with van der Waals surface area (Å²) in [5.41, 5.74) is 0.405. The van der Waals surface area contributed by atoms with Crippen LogP contribution in [-0.4, -0.2) is 32.8 Å². The van der Waals surface area contributed by atoms with Gasteiger partial charge in [0.05, 0.1) is 6.10 Å². The lowest BCUT2D eigenvalue weighted by Gasteiger charge is -2.13. The van der Waals surface area contributed by atoms with Crippen molar-refractivity contribution in [2.75, 3.05) is 11.9 Å². The Morgan fingerprint density at radius 2 is 2.40 bits per heavy atom. The number of hydrogen-bond donors (Lipinski definition) is 2. The molecule has 102 valence electrons. The highest BCUT2D eigenvalue weighted by atomic mass is 16.5. The maximum atomic E-state index is 8.80. The van der Waals surface area contributed by atoms with Gasteiger partial charge in [-0.25, -0.2) is 9.97 Å². The Balaban J connectivity index is 1.54. The van der Waals surface area contributed by atoms with Gasteiger partial charge in [0.25, 0.3) is 0 Å². The van der Waals surface area contributed by atoms with Crippen molar-refractivity contribution in [1.29, 1.82) is 5.26 Å². The molecule has 2 aromatic heterocycles. The number of aromatic amines is 1. The third-order valence-corrected chi connectivity index (χ3v) is 3.22. The molecular weight excluding hydrogens is 256 g/mol. The minimum absolute atomic E-state index is 0.0114. The number of H-pyrrole nitrogens is 1. The number of nitriles is 1. The van der Waals surface area contributed by atoms with Crippen molar-refractivity contribution in [2.45, 2.75) is 25.0 Å². The summed E-state index contributed by atoms with van der Waals surface area (Å²) in [5, 5.41) is 18.7. The molecular formula is C13H14N6O. The highest BCUT2D eigenvalue weighted by Gasteiger charge is 2.28. The maximum Gasteiger partial charge on any atom is 0.153 e. The Hall–Kier alpha value is -2.46. The van der Waals surface area contributed by atoms with Crippen LogP contribution >= 0.6 is 0 Å². The number of rotatable bonds is 4. The molecule has 0 radical (unpaired) electrons. The minimum Gasteiger partial charge on any atom is -0.367 e. The SMILES string of the molecule is N#Cc1cccc(NC[C@H]2CC[C@@H](c3ncn[nH]3)O2)n1. The molecule has 2 aromatic rings. The zero-order valence-electron chi connectivity index (χ0n) is 10.8. The molecule has 0 amide bonds. The van der Waals surface area contributed by atoms with Gasteiger partial charge in [0, 0.05) is 6.54 Å². The number of aromatic nitrogens is 4. The van der Waals surface area contributed by atoms with E-state index in [1.165, 1.54) is 6.33 Å². The van der Waals surface area contributed by atoms with E-state index in [1.807, 2.05) is 12.1 Å². The van der Waals surface area contributed by atoms with E-state index in [4.69, 9.17) is 10.00 Å². The lowest BCUT2D eigenvalue weighted by Crippen LogP contribution is -2.19. The van der Waals surface area contributed by atoms with E-state index in [9.17, 15) is 0 Å². The second-order valence-electron chi connectivity index (χ2n) is 4.60. The third kappa shape index (κ3) is 2.75. The lowest BCUT2D eigenvalue weighted by molar-refractivity contribution is 0.0472.